The second-order valence-electron chi connectivity index (χ2n) is 25.0. The molecule has 0 fully saturated rings. The van der Waals surface area contributed by atoms with Crippen molar-refractivity contribution in [3.8, 4) is 39.4 Å². The Labute approximate surface area is 520 Å². The highest BCUT2D eigenvalue weighted by Crippen LogP contribution is 2.48. The third kappa shape index (κ3) is 7.03. The summed E-state index contributed by atoms with van der Waals surface area (Å²) in [4.78, 5) is 0. The molecule has 7 heteroatoms. The summed E-state index contributed by atoms with van der Waals surface area (Å²) in [5.41, 5.74) is 22.7. The first-order valence-corrected chi connectivity index (χ1v) is 31.5. The number of furan rings is 2. The van der Waals surface area contributed by atoms with Gasteiger partial charge in [-0.25, -0.2) is 0 Å². The van der Waals surface area contributed by atoms with Crippen LogP contribution in [0.2, 0.25) is 0 Å². The zero-order valence-corrected chi connectivity index (χ0v) is 49.1. The predicted molar refractivity (Wildman–Crippen MR) is 374 cm³/mol. The third-order valence-electron chi connectivity index (χ3n) is 20.2. The molecule has 0 amide bonds. The van der Waals surface area contributed by atoms with Gasteiger partial charge in [0.15, 0.2) is 0 Å². The lowest BCUT2D eigenvalue weighted by Crippen LogP contribution is -2.18. The van der Waals surface area contributed by atoms with Gasteiger partial charge in [-0.05, 0) is 168 Å². The maximum absolute atomic E-state index is 6.68. The van der Waals surface area contributed by atoms with Crippen LogP contribution in [0.25, 0.3) is 166 Å². The topological polar surface area (TPSA) is 55.2 Å². The summed E-state index contributed by atoms with van der Waals surface area (Å²) in [6.45, 7) is 0. The average molecular weight is 1170 g/mol. The van der Waals surface area contributed by atoms with E-state index >= 15 is 0 Å². The summed E-state index contributed by atoms with van der Waals surface area (Å²) in [5.74, 6) is 1.94. The van der Waals surface area contributed by atoms with Crippen molar-refractivity contribution in [3.63, 3.8) is 0 Å². The second-order valence-corrected chi connectivity index (χ2v) is 25.0. The Morgan fingerprint density at radius 3 is 1.40 bits per heavy atom. The van der Waals surface area contributed by atoms with Crippen LogP contribution in [0.4, 0.5) is 0 Å². The fourth-order valence-corrected chi connectivity index (χ4v) is 16.2. The van der Waals surface area contributed by atoms with Crippen molar-refractivity contribution in [1.29, 1.82) is 0 Å². The van der Waals surface area contributed by atoms with E-state index in [9.17, 15) is 0 Å². The number of nitrogens with zero attached hydrogens (tertiary/aromatic N) is 4. The molecule has 91 heavy (non-hydrogen) atoms. The van der Waals surface area contributed by atoms with E-state index in [2.05, 4.69) is 303 Å². The van der Waals surface area contributed by atoms with Crippen LogP contribution in [0.3, 0.4) is 0 Å². The number of benzene rings is 12. The maximum Gasteiger partial charge on any atom is 0.135 e. The van der Waals surface area contributed by atoms with Crippen LogP contribution in [0, 0.1) is 0 Å². The van der Waals surface area contributed by atoms with E-state index in [-0.39, 0.29) is 18.1 Å². The number of allylic oxidation sites excluding steroid dienone is 3. The molecular weight excluding hydrogens is 1110 g/mol. The SMILES string of the molecule is C1=CC2Oc3ccc(-n4c5ccccc5c5cc(-c6ccc7c(c6)c6ccccc6n7C6C=Cc7oc8ccc(-c9ccc%10oc%11ccc(-n%12c%13ccccc%13c%13ccccc%13%12)cc%11c%10c9)cc8c7C6)ccc54)cc3C2C=C1n1c2ccccc2c2ccccc21. The van der Waals surface area contributed by atoms with E-state index in [1.165, 1.54) is 109 Å². The van der Waals surface area contributed by atoms with Gasteiger partial charge in [0.2, 0.25) is 0 Å². The minimum absolute atomic E-state index is 0.0640. The zero-order chi connectivity index (χ0) is 59.2. The van der Waals surface area contributed by atoms with Gasteiger partial charge in [0.25, 0.3) is 0 Å². The van der Waals surface area contributed by atoms with Gasteiger partial charge in [0, 0.05) is 111 Å². The highest BCUT2D eigenvalue weighted by molar-refractivity contribution is 6.15. The molecule has 6 aromatic heterocycles. The monoisotopic (exact) mass is 1160 g/mol. The molecule has 7 heterocycles. The highest BCUT2D eigenvalue weighted by atomic mass is 16.5. The first-order chi connectivity index (χ1) is 45.1. The first kappa shape index (κ1) is 49.2. The van der Waals surface area contributed by atoms with Gasteiger partial charge in [-0.15, -0.1) is 0 Å². The van der Waals surface area contributed by atoms with Gasteiger partial charge >= 0.3 is 0 Å². The van der Waals surface area contributed by atoms with Gasteiger partial charge in [-0.2, -0.15) is 0 Å². The van der Waals surface area contributed by atoms with Crippen molar-refractivity contribution in [2.75, 3.05) is 0 Å². The first-order valence-electron chi connectivity index (χ1n) is 31.5. The molecular formula is C84H52N4O3. The van der Waals surface area contributed by atoms with Crippen molar-refractivity contribution in [1.82, 2.24) is 18.3 Å². The van der Waals surface area contributed by atoms with Crippen LogP contribution < -0.4 is 4.74 Å². The Morgan fingerprint density at radius 1 is 0.330 bits per heavy atom. The molecule has 0 N–H and O–H groups in total. The standard InChI is InChI=1S/C84H52N4O3/c1-7-19-71-57(13-1)58-14-2-8-20-72(58)85(71)53-29-37-81-67(45-53)65-43-51(27-35-79(65)89-81)52-28-36-80-66(44-52)68-46-55(31-38-82(68)90-80)87-75-23-11-5-17-61(75)63-41-49(25-33-77(63)87)50-26-34-78-64(42-50)62-18-6-12-24-76(62)88(78)56-32-40-84-70(48-56)69-47-54(30-39-83(69)91-84)86-73-21-9-3-15-59(73)60-16-4-10-22-74(60)86/h1-45,47-48,55,69,83H,46H2. The van der Waals surface area contributed by atoms with E-state index in [0.29, 0.717) is 0 Å². The number of hydrogen-bond donors (Lipinski definition) is 0. The van der Waals surface area contributed by atoms with Crippen LogP contribution in [-0.4, -0.2) is 24.4 Å². The van der Waals surface area contributed by atoms with Crippen molar-refractivity contribution < 1.29 is 13.6 Å². The molecule has 0 saturated heterocycles. The molecule has 0 radical (unpaired) electrons. The molecule has 18 aromatic rings. The fraction of sp³-hybridized carbons (Fsp3) is 0.0476. The van der Waals surface area contributed by atoms with Crippen molar-refractivity contribution in [2.24, 2.45) is 0 Å². The molecule has 0 spiro atoms. The lowest BCUT2D eigenvalue weighted by atomic mass is 9.90. The van der Waals surface area contributed by atoms with E-state index in [4.69, 9.17) is 13.6 Å². The summed E-state index contributed by atoms with van der Waals surface area (Å²) < 4.78 is 29.6. The molecule has 21 rings (SSSR count). The Balaban J connectivity index is 0.614. The fourth-order valence-electron chi connectivity index (χ4n) is 16.2. The molecule has 12 aromatic carbocycles. The summed E-state index contributed by atoms with van der Waals surface area (Å²) in [5, 5.41) is 13.3. The van der Waals surface area contributed by atoms with Gasteiger partial charge in [0.05, 0.1) is 39.1 Å². The molecule has 7 nitrogen and oxygen atoms in total. The minimum Gasteiger partial charge on any atom is -0.485 e. The lowest BCUT2D eigenvalue weighted by molar-refractivity contribution is 0.269. The van der Waals surface area contributed by atoms with E-state index in [1.807, 2.05) is 0 Å². The molecule has 1 aliphatic heterocycles. The highest BCUT2D eigenvalue weighted by Gasteiger charge is 2.35. The number of hydrogen-bond acceptors (Lipinski definition) is 3. The summed E-state index contributed by atoms with van der Waals surface area (Å²) in [7, 11) is 0. The van der Waals surface area contributed by atoms with E-state index in [0.717, 1.165) is 79.0 Å². The quantitative estimate of drug-likeness (QED) is 0.167. The summed E-state index contributed by atoms with van der Waals surface area (Å²) >= 11 is 0. The van der Waals surface area contributed by atoms with Crippen LogP contribution in [0.1, 0.15) is 28.8 Å². The van der Waals surface area contributed by atoms with Gasteiger partial charge in [-0.1, -0.05) is 140 Å². The van der Waals surface area contributed by atoms with Crippen molar-refractivity contribution >= 4 is 132 Å². The van der Waals surface area contributed by atoms with Crippen LogP contribution >= 0.6 is 0 Å². The number of ether oxygens (including phenoxy) is 1. The van der Waals surface area contributed by atoms with Crippen molar-refractivity contribution in [2.45, 2.75) is 24.5 Å². The Hall–Kier alpha value is -11.8. The lowest BCUT2D eigenvalue weighted by Gasteiger charge is -2.21. The van der Waals surface area contributed by atoms with Gasteiger partial charge in [0.1, 0.15) is 34.4 Å². The van der Waals surface area contributed by atoms with Crippen molar-refractivity contribution in [3.05, 3.63) is 296 Å². The molecule has 2 aliphatic carbocycles. The number of rotatable bonds is 6. The minimum atomic E-state index is -0.0683. The Bertz CT molecular complexity index is 6220. The van der Waals surface area contributed by atoms with Gasteiger partial charge < -0.3 is 31.8 Å². The van der Waals surface area contributed by atoms with E-state index < -0.39 is 0 Å². The molecule has 3 atom stereocenters. The van der Waals surface area contributed by atoms with Crippen LogP contribution in [0.5, 0.6) is 5.75 Å². The van der Waals surface area contributed by atoms with Crippen LogP contribution in [-0.2, 0) is 6.42 Å². The van der Waals surface area contributed by atoms with Crippen LogP contribution in [0.15, 0.2) is 288 Å². The number of aromatic nitrogens is 4. The number of fused-ring (bicyclic) bond motifs is 21. The zero-order valence-electron chi connectivity index (χ0n) is 49.1. The van der Waals surface area contributed by atoms with E-state index in [1.54, 1.807) is 0 Å². The van der Waals surface area contributed by atoms with Gasteiger partial charge in [-0.3, -0.25) is 0 Å². The molecule has 3 aliphatic rings. The number of para-hydroxylation sites is 6. The molecule has 0 saturated carbocycles. The normalized spacial score (nSPS) is 16.3. The Kier molecular flexibility index (Phi) is 9.95. The second kappa shape index (κ2) is 18.4. The summed E-state index contributed by atoms with van der Waals surface area (Å²) in [6.07, 6.45) is 12.2. The third-order valence-corrected chi connectivity index (χ3v) is 20.2. The predicted octanol–water partition coefficient (Wildman–Crippen LogP) is 21.8. The summed E-state index contributed by atoms with van der Waals surface area (Å²) in [6, 6.07) is 93.3. The molecule has 0 bridgehead atoms. The smallest absolute Gasteiger partial charge is 0.135 e. The molecule has 426 valence electrons. The average Bonchev–Trinajstić information content (AvgIpc) is 2.93. The largest absolute Gasteiger partial charge is 0.485 e. The maximum atomic E-state index is 6.68. The Morgan fingerprint density at radius 2 is 0.769 bits per heavy atom. The molecule has 3 unspecified atom stereocenters.